The van der Waals surface area contributed by atoms with Crippen LogP contribution in [0.1, 0.15) is 65.2 Å². The van der Waals surface area contributed by atoms with E-state index in [1.807, 2.05) is 12.2 Å². The summed E-state index contributed by atoms with van der Waals surface area (Å²) in [6.07, 6.45) is 14.9. The van der Waals surface area contributed by atoms with Crippen LogP contribution in [-0.2, 0) is 9.59 Å². The summed E-state index contributed by atoms with van der Waals surface area (Å²) in [5, 5.41) is 28.5. The topological polar surface area (TPSA) is 94.8 Å². The van der Waals surface area contributed by atoms with Gasteiger partial charge in [-0.15, -0.1) is 6.58 Å². The number of hydrogen-bond acceptors (Lipinski definition) is 4. The molecule has 5 nitrogen and oxygen atoms in total. The zero-order valence-corrected chi connectivity index (χ0v) is 17.2. The van der Waals surface area contributed by atoms with Crippen LogP contribution in [0.15, 0.2) is 37.0 Å². The van der Waals surface area contributed by atoms with Gasteiger partial charge in [0.2, 0.25) is 0 Å². The summed E-state index contributed by atoms with van der Waals surface area (Å²) in [5.74, 6) is -0.566. The fourth-order valence-electron chi connectivity index (χ4n) is 3.54. The van der Waals surface area contributed by atoms with Gasteiger partial charge in [-0.1, -0.05) is 50.1 Å². The second-order valence-electron chi connectivity index (χ2n) is 7.99. The predicted molar refractivity (Wildman–Crippen MR) is 111 cm³/mol. The molecule has 0 spiro atoms. The van der Waals surface area contributed by atoms with Crippen molar-refractivity contribution >= 4 is 11.8 Å². The monoisotopic (exact) mass is 392 g/mol. The number of aliphatic hydroxyl groups is 2. The third-order valence-electron chi connectivity index (χ3n) is 5.74. The molecule has 2 unspecified atom stereocenters. The van der Waals surface area contributed by atoms with Crippen molar-refractivity contribution in [2.24, 2.45) is 17.8 Å². The molecule has 0 bridgehead atoms. The zero-order valence-electron chi connectivity index (χ0n) is 17.2. The Hall–Kier alpha value is -1.72. The Labute approximate surface area is 168 Å². The molecule has 1 fully saturated rings. The summed E-state index contributed by atoms with van der Waals surface area (Å²) >= 11 is 0. The Balaban J connectivity index is 2.54. The maximum Gasteiger partial charge on any atom is 0.338 e. The van der Waals surface area contributed by atoms with E-state index in [9.17, 15) is 19.8 Å². The average molecular weight is 393 g/mol. The highest BCUT2D eigenvalue weighted by molar-refractivity contribution is 5.83. The summed E-state index contributed by atoms with van der Waals surface area (Å²) in [5.41, 5.74) is -2.18. The minimum Gasteiger partial charge on any atom is -0.479 e. The Morgan fingerprint density at radius 1 is 1.32 bits per heavy atom. The van der Waals surface area contributed by atoms with Gasteiger partial charge in [0.25, 0.3) is 0 Å². The Morgan fingerprint density at radius 2 is 2.04 bits per heavy atom. The molecule has 0 aromatic carbocycles. The highest BCUT2D eigenvalue weighted by Crippen LogP contribution is 2.33. The van der Waals surface area contributed by atoms with Gasteiger partial charge >= 0.3 is 5.97 Å². The summed E-state index contributed by atoms with van der Waals surface area (Å²) < 4.78 is 0. The number of carboxylic acids is 1. The van der Waals surface area contributed by atoms with Crippen LogP contribution in [0.3, 0.4) is 0 Å². The molecule has 0 radical (unpaired) electrons. The van der Waals surface area contributed by atoms with Gasteiger partial charge in [0, 0.05) is 12.3 Å². The molecule has 0 amide bonds. The minimum absolute atomic E-state index is 0.0269. The second kappa shape index (κ2) is 12.0. The van der Waals surface area contributed by atoms with Crippen LogP contribution in [0.25, 0.3) is 0 Å². The third-order valence-corrected chi connectivity index (χ3v) is 5.74. The molecule has 1 aliphatic rings. The maximum atomic E-state index is 12.2. The molecule has 0 aromatic heterocycles. The number of Topliss-reactive ketones (excluding diaryl/α,β-unsaturated/α-hetero) is 1. The molecule has 1 aliphatic carbocycles. The van der Waals surface area contributed by atoms with E-state index >= 15 is 0 Å². The molecule has 3 N–H and O–H groups in total. The Kier molecular flexibility index (Phi) is 10.4. The number of allylic oxidation sites excluding steroid dienone is 4. The van der Waals surface area contributed by atoms with E-state index in [1.165, 1.54) is 12.8 Å². The minimum atomic E-state index is -2.18. The van der Waals surface area contributed by atoms with Gasteiger partial charge < -0.3 is 15.3 Å². The predicted octanol–water partition coefficient (Wildman–Crippen LogP) is 4.05. The molecule has 0 saturated heterocycles. The molecular formula is C23H36O5. The van der Waals surface area contributed by atoms with Crippen molar-refractivity contribution in [2.75, 3.05) is 0 Å². The van der Waals surface area contributed by atoms with Gasteiger partial charge in [0.05, 0.1) is 6.10 Å². The largest absolute Gasteiger partial charge is 0.479 e. The number of carbonyl (C=O) groups excluding carboxylic acids is 1. The van der Waals surface area contributed by atoms with Crippen molar-refractivity contribution < 1.29 is 24.9 Å². The number of carboxylic acid groups (broad SMARTS) is 1. The average Bonchev–Trinajstić information content (AvgIpc) is 3.00. The lowest BCUT2D eigenvalue weighted by atomic mass is 9.90. The molecule has 1 saturated carbocycles. The molecule has 0 heterocycles. The van der Waals surface area contributed by atoms with Crippen molar-refractivity contribution in [3.05, 3.63) is 37.0 Å². The SMILES string of the molecule is C=C[C@@H](C/C=C/[C@H]1CCC(=O)[C@@H]1C/C=C\CC(O)C(C)(O)C(=O)O)CCCC. The zero-order chi connectivity index (χ0) is 21.2. The highest BCUT2D eigenvalue weighted by Gasteiger charge is 2.37. The number of rotatable bonds is 13. The molecule has 0 aliphatic heterocycles. The van der Waals surface area contributed by atoms with E-state index in [4.69, 9.17) is 5.11 Å². The van der Waals surface area contributed by atoms with Gasteiger partial charge in [0.15, 0.2) is 5.60 Å². The van der Waals surface area contributed by atoms with Crippen LogP contribution in [0, 0.1) is 17.8 Å². The lowest BCUT2D eigenvalue weighted by Crippen LogP contribution is -2.46. The molecule has 5 heteroatoms. The quantitative estimate of drug-likeness (QED) is 0.411. The molecule has 1 rings (SSSR count). The second-order valence-corrected chi connectivity index (χ2v) is 7.99. The summed E-state index contributed by atoms with van der Waals surface area (Å²) in [6, 6.07) is 0. The van der Waals surface area contributed by atoms with E-state index in [0.717, 1.165) is 26.2 Å². The van der Waals surface area contributed by atoms with Crippen molar-refractivity contribution in [3.8, 4) is 0 Å². The first-order valence-electron chi connectivity index (χ1n) is 10.3. The summed E-state index contributed by atoms with van der Waals surface area (Å²) in [4.78, 5) is 23.1. The van der Waals surface area contributed by atoms with Crippen LogP contribution in [0.4, 0.5) is 0 Å². The van der Waals surface area contributed by atoms with Crippen molar-refractivity contribution in [1.29, 1.82) is 0 Å². The summed E-state index contributed by atoms with van der Waals surface area (Å²) in [6.45, 7) is 7.17. The van der Waals surface area contributed by atoms with E-state index < -0.39 is 17.7 Å². The Bertz CT molecular complexity index is 576. The fraction of sp³-hybridized carbons (Fsp3) is 0.652. The normalized spacial score (nSPS) is 24.5. The van der Waals surface area contributed by atoms with Gasteiger partial charge in [-0.3, -0.25) is 4.79 Å². The molecule has 28 heavy (non-hydrogen) atoms. The highest BCUT2D eigenvalue weighted by atomic mass is 16.4. The van der Waals surface area contributed by atoms with E-state index in [0.29, 0.717) is 18.8 Å². The molecule has 0 aromatic rings. The van der Waals surface area contributed by atoms with Crippen LogP contribution in [0.2, 0.25) is 0 Å². The fourth-order valence-corrected chi connectivity index (χ4v) is 3.54. The van der Waals surface area contributed by atoms with E-state index in [2.05, 4.69) is 25.7 Å². The van der Waals surface area contributed by atoms with E-state index in [1.54, 1.807) is 6.08 Å². The first-order valence-corrected chi connectivity index (χ1v) is 10.3. The number of aliphatic carboxylic acids is 1. The number of ketones is 1. The van der Waals surface area contributed by atoms with E-state index in [-0.39, 0.29) is 24.0 Å². The smallest absolute Gasteiger partial charge is 0.338 e. The van der Waals surface area contributed by atoms with Gasteiger partial charge in [-0.05, 0) is 50.9 Å². The van der Waals surface area contributed by atoms with Crippen molar-refractivity contribution in [3.63, 3.8) is 0 Å². The number of carbonyl (C=O) groups is 2. The molecular weight excluding hydrogens is 356 g/mol. The number of aliphatic hydroxyl groups excluding tert-OH is 1. The van der Waals surface area contributed by atoms with Crippen LogP contribution in [-0.4, -0.2) is 38.8 Å². The lowest BCUT2D eigenvalue weighted by Gasteiger charge is -2.23. The first-order chi connectivity index (χ1) is 13.2. The van der Waals surface area contributed by atoms with Crippen molar-refractivity contribution in [1.82, 2.24) is 0 Å². The lowest BCUT2D eigenvalue weighted by molar-refractivity contribution is -0.168. The standard InChI is InChI=1S/C23H36O5/c1-4-6-10-17(5-2)11-9-12-18-15-16-20(24)19(18)13-7-8-14-21(25)23(3,28)22(26)27/h5,7-9,12,17-19,21,25,28H,2,4,6,10-11,13-16H2,1,3H3,(H,26,27)/b8-7-,12-9+/t17-,18+,19-,21?,23?/m1/s1. The number of hydrogen-bond donors (Lipinski definition) is 3. The third kappa shape index (κ3) is 7.36. The molecule has 5 atom stereocenters. The first kappa shape index (κ1) is 24.3. The Morgan fingerprint density at radius 3 is 2.64 bits per heavy atom. The molecule has 158 valence electrons. The van der Waals surface area contributed by atoms with Crippen LogP contribution in [0.5, 0.6) is 0 Å². The van der Waals surface area contributed by atoms with Gasteiger partial charge in [0.1, 0.15) is 5.78 Å². The van der Waals surface area contributed by atoms with Crippen LogP contribution < -0.4 is 0 Å². The van der Waals surface area contributed by atoms with Crippen molar-refractivity contribution in [2.45, 2.75) is 76.9 Å². The van der Waals surface area contributed by atoms with Crippen LogP contribution >= 0.6 is 0 Å². The van der Waals surface area contributed by atoms with Gasteiger partial charge in [-0.2, -0.15) is 0 Å². The van der Waals surface area contributed by atoms with Gasteiger partial charge in [-0.25, -0.2) is 4.79 Å². The summed E-state index contributed by atoms with van der Waals surface area (Å²) in [7, 11) is 0. The number of unbranched alkanes of at least 4 members (excludes halogenated alkanes) is 1. The maximum absolute atomic E-state index is 12.2.